The smallest absolute Gasteiger partial charge is 0.416 e. The van der Waals surface area contributed by atoms with Crippen LogP contribution in [0.1, 0.15) is 67.2 Å². The molecule has 0 N–H and O–H groups in total. The minimum Gasteiger partial charge on any atom is -0.466 e. The van der Waals surface area contributed by atoms with Crippen LogP contribution in [0.4, 0.5) is 13.2 Å². The van der Waals surface area contributed by atoms with E-state index in [9.17, 15) is 22.8 Å². The van der Waals surface area contributed by atoms with Crippen molar-refractivity contribution in [1.82, 2.24) is 4.90 Å². The molecular weight excluding hydrogens is 523 g/mol. The highest BCUT2D eigenvalue weighted by atomic mass is 79.9. The molecule has 4 rings (SSSR count). The van der Waals surface area contributed by atoms with Crippen molar-refractivity contribution in [2.24, 2.45) is 0 Å². The number of esters is 1. The average molecular weight is 552 g/mol. The first-order valence-electron chi connectivity index (χ1n) is 12.0. The molecule has 4 nitrogen and oxygen atoms in total. The van der Waals surface area contributed by atoms with Gasteiger partial charge in [0.15, 0.2) is 0 Å². The van der Waals surface area contributed by atoms with Gasteiger partial charge in [0.05, 0.1) is 18.6 Å². The number of alkyl halides is 3. The molecule has 35 heavy (non-hydrogen) atoms. The van der Waals surface area contributed by atoms with Gasteiger partial charge in [-0.25, -0.2) is 0 Å². The van der Waals surface area contributed by atoms with Gasteiger partial charge in [-0.2, -0.15) is 13.2 Å². The van der Waals surface area contributed by atoms with E-state index >= 15 is 0 Å². The number of carbonyl (C=O) groups is 2. The van der Waals surface area contributed by atoms with Gasteiger partial charge in [0.2, 0.25) is 5.91 Å². The predicted octanol–water partition coefficient (Wildman–Crippen LogP) is 6.40. The summed E-state index contributed by atoms with van der Waals surface area (Å²) < 4.78 is 46.0. The molecule has 1 heterocycles. The third kappa shape index (κ3) is 5.42. The first-order valence-corrected chi connectivity index (χ1v) is 12.8. The summed E-state index contributed by atoms with van der Waals surface area (Å²) in [4.78, 5) is 26.9. The Bertz CT molecular complexity index is 1090. The third-order valence-corrected chi connectivity index (χ3v) is 8.04. The molecule has 2 aromatic rings. The first-order chi connectivity index (χ1) is 16.6. The summed E-state index contributed by atoms with van der Waals surface area (Å²) in [6.45, 7) is 3.25. The molecule has 1 fully saturated rings. The largest absolute Gasteiger partial charge is 0.466 e. The van der Waals surface area contributed by atoms with Crippen molar-refractivity contribution in [3.8, 4) is 0 Å². The van der Waals surface area contributed by atoms with Crippen molar-refractivity contribution in [3.63, 3.8) is 0 Å². The van der Waals surface area contributed by atoms with Gasteiger partial charge in [-0.3, -0.25) is 9.59 Å². The average Bonchev–Trinajstić information content (AvgIpc) is 3.11. The van der Waals surface area contributed by atoms with Crippen LogP contribution < -0.4 is 0 Å². The number of fused-ring (bicyclic) bond motifs is 2. The van der Waals surface area contributed by atoms with Gasteiger partial charge in [-0.05, 0) is 67.3 Å². The Balaban J connectivity index is 1.43. The van der Waals surface area contributed by atoms with Crippen LogP contribution in [0.25, 0.3) is 0 Å². The van der Waals surface area contributed by atoms with E-state index in [2.05, 4.69) is 22.0 Å². The number of hydrogen-bond donors (Lipinski definition) is 0. The Kier molecular flexibility index (Phi) is 7.60. The molecule has 1 spiro atoms. The molecule has 1 amide bonds. The number of ether oxygens (including phenoxy) is 1. The van der Waals surface area contributed by atoms with Crippen LogP contribution in [-0.2, 0) is 32.3 Å². The lowest BCUT2D eigenvalue weighted by Crippen LogP contribution is -2.44. The minimum atomic E-state index is -4.43. The maximum atomic E-state index is 13.3. The summed E-state index contributed by atoms with van der Waals surface area (Å²) >= 11 is 3.71. The maximum Gasteiger partial charge on any atom is 0.416 e. The zero-order chi connectivity index (χ0) is 25.2. The first kappa shape index (κ1) is 25.7. The van der Waals surface area contributed by atoms with Crippen LogP contribution in [0.15, 0.2) is 46.9 Å². The number of hydrogen-bond acceptors (Lipinski definition) is 3. The molecule has 8 heteroatoms. The number of likely N-dealkylation sites (tertiary alicyclic amines) is 1. The van der Waals surface area contributed by atoms with Crippen molar-refractivity contribution in [3.05, 3.63) is 69.2 Å². The lowest BCUT2D eigenvalue weighted by Gasteiger charge is -2.41. The summed E-state index contributed by atoms with van der Waals surface area (Å²) in [6, 6.07) is 11.5. The van der Waals surface area contributed by atoms with Gasteiger partial charge in [-0.1, -0.05) is 46.3 Å². The second-order valence-corrected chi connectivity index (χ2v) is 10.3. The van der Waals surface area contributed by atoms with Crippen LogP contribution in [0.2, 0.25) is 0 Å². The van der Waals surface area contributed by atoms with Crippen LogP contribution in [0.3, 0.4) is 0 Å². The van der Waals surface area contributed by atoms with E-state index in [0.29, 0.717) is 26.1 Å². The SMILES string of the molecule is CCOC(=O)CC1CC2(CCN(C(=O)CCc3ccccc3C(F)(F)F)CC2)c2c(Br)cccc21. The molecule has 0 radical (unpaired) electrons. The molecule has 1 aliphatic heterocycles. The van der Waals surface area contributed by atoms with Crippen LogP contribution in [-0.4, -0.2) is 36.5 Å². The molecule has 0 aromatic heterocycles. The molecule has 1 atom stereocenters. The summed E-state index contributed by atoms with van der Waals surface area (Å²) in [5.74, 6) is -0.250. The maximum absolute atomic E-state index is 13.3. The highest BCUT2D eigenvalue weighted by Crippen LogP contribution is 2.55. The third-order valence-electron chi connectivity index (χ3n) is 7.38. The highest BCUT2D eigenvalue weighted by molar-refractivity contribution is 9.10. The van der Waals surface area contributed by atoms with E-state index in [1.165, 1.54) is 17.7 Å². The fourth-order valence-electron chi connectivity index (χ4n) is 5.78. The van der Waals surface area contributed by atoms with Gasteiger partial charge in [0.25, 0.3) is 0 Å². The van der Waals surface area contributed by atoms with E-state index in [0.717, 1.165) is 35.4 Å². The molecule has 2 aromatic carbocycles. The topological polar surface area (TPSA) is 46.6 Å². The number of piperidine rings is 1. The van der Waals surface area contributed by atoms with Crippen LogP contribution in [0, 0.1) is 0 Å². The Morgan fingerprint density at radius 3 is 2.51 bits per heavy atom. The second-order valence-electron chi connectivity index (χ2n) is 9.43. The fraction of sp³-hybridized carbons (Fsp3) is 0.481. The lowest BCUT2D eigenvalue weighted by molar-refractivity contribution is -0.143. The molecule has 0 bridgehead atoms. The van der Waals surface area contributed by atoms with Crippen molar-refractivity contribution in [2.75, 3.05) is 19.7 Å². The van der Waals surface area contributed by atoms with Gasteiger partial charge < -0.3 is 9.64 Å². The second kappa shape index (κ2) is 10.3. The Labute approximate surface area is 212 Å². The van der Waals surface area contributed by atoms with Gasteiger partial charge in [0, 0.05) is 29.4 Å². The zero-order valence-electron chi connectivity index (χ0n) is 19.7. The van der Waals surface area contributed by atoms with E-state index in [1.807, 2.05) is 12.1 Å². The summed E-state index contributed by atoms with van der Waals surface area (Å²) in [5.41, 5.74) is 1.73. The van der Waals surface area contributed by atoms with E-state index in [4.69, 9.17) is 4.74 Å². The number of rotatable bonds is 6. The van der Waals surface area contributed by atoms with Gasteiger partial charge in [-0.15, -0.1) is 0 Å². The number of benzene rings is 2. The molecule has 1 saturated heterocycles. The van der Waals surface area contributed by atoms with Crippen molar-refractivity contribution in [1.29, 1.82) is 0 Å². The van der Waals surface area contributed by atoms with Gasteiger partial charge >= 0.3 is 12.1 Å². The minimum absolute atomic E-state index is 0.0475. The molecule has 1 aliphatic carbocycles. The summed E-state index contributed by atoms with van der Waals surface area (Å²) in [5, 5.41) is 0. The molecule has 0 saturated carbocycles. The van der Waals surface area contributed by atoms with Crippen molar-refractivity contribution in [2.45, 2.75) is 63.0 Å². The van der Waals surface area contributed by atoms with Crippen LogP contribution in [0.5, 0.6) is 0 Å². The molecular formula is C27H29BrF3NO3. The Morgan fingerprint density at radius 2 is 1.83 bits per heavy atom. The highest BCUT2D eigenvalue weighted by Gasteiger charge is 2.47. The van der Waals surface area contributed by atoms with Crippen LogP contribution >= 0.6 is 15.9 Å². The standard InChI is InChI=1S/C27H29BrF3NO3/c1-2-35-24(34)16-19-17-26(25-20(19)7-5-9-22(25)28)12-14-32(15-13-26)23(33)11-10-18-6-3-4-8-21(18)27(29,30)31/h3-9,19H,2,10-17H2,1H3. The van der Waals surface area contributed by atoms with E-state index < -0.39 is 11.7 Å². The quantitative estimate of drug-likeness (QED) is 0.390. The Hall–Kier alpha value is -2.35. The van der Waals surface area contributed by atoms with Gasteiger partial charge in [0.1, 0.15) is 0 Å². The predicted molar refractivity (Wildman–Crippen MR) is 130 cm³/mol. The van der Waals surface area contributed by atoms with E-state index in [1.54, 1.807) is 17.9 Å². The molecule has 1 unspecified atom stereocenters. The van der Waals surface area contributed by atoms with Crippen molar-refractivity contribution >= 4 is 27.8 Å². The number of amides is 1. The summed E-state index contributed by atoms with van der Waals surface area (Å²) in [7, 11) is 0. The normalized spacial score (nSPS) is 19.0. The molecule has 188 valence electrons. The number of aryl methyl sites for hydroxylation is 1. The molecule has 2 aliphatic rings. The lowest BCUT2D eigenvalue weighted by atomic mass is 9.73. The van der Waals surface area contributed by atoms with E-state index in [-0.39, 0.29) is 41.6 Å². The zero-order valence-corrected chi connectivity index (χ0v) is 21.3. The number of halogens is 4. The number of carbonyl (C=O) groups excluding carboxylic acids is 2. The Morgan fingerprint density at radius 1 is 1.11 bits per heavy atom. The van der Waals surface area contributed by atoms with Crippen molar-refractivity contribution < 1.29 is 27.5 Å². The fourth-order valence-corrected chi connectivity index (χ4v) is 6.58. The summed E-state index contributed by atoms with van der Waals surface area (Å²) in [6.07, 6.45) is -1.65. The number of nitrogens with zero attached hydrogens (tertiary/aromatic N) is 1. The monoisotopic (exact) mass is 551 g/mol.